The summed E-state index contributed by atoms with van der Waals surface area (Å²) < 4.78 is 5.78. The monoisotopic (exact) mass is 333 g/mol. The zero-order chi connectivity index (χ0) is 17.1. The molecule has 2 N–H and O–H groups in total. The van der Waals surface area contributed by atoms with E-state index in [1.807, 2.05) is 48.5 Å². The van der Waals surface area contributed by atoms with Crippen molar-refractivity contribution in [3.63, 3.8) is 0 Å². The van der Waals surface area contributed by atoms with Crippen LogP contribution in [-0.4, -0.2) is 28.5 Å². The summed E-state index contributed by atoms with van der Waals surface area (Å²) in [6.07, 6.45) is 4.23. The van der Waals surface area contributed by atoms with E-state index < -0.39 is 0 Å². The highest BCUT2D eigenvalue weighted by atomic mass is 16.5. The molecule has 1 unspecified atom stereocenters. The number of nitrogens with one attached hydrogen (secondary N) is 2. The summed E-state index contributed by atoms with van der Waals surface area (Å²) in [7, 11) is 0. The van der Waals surface area contributed by atoms with Gasteiger partial charge in [0.1, 0.15) is 0 Å². The zero-order valence-corrected chi connectivity index (χ0v) is 13.7. The third-order valence-corrected chi connectivity index (χ3v) is 4.35. The second-order valence-corrected chi connectivity index (χ2v) is 6.19. The Labute approximate surface area is 146 Å². The van der Waals surface area contributed by atoms with Crippen LogP contribution in [0.5, 0.6) is 0 Å². The SMILES string of the molecule is O=C1NC(COCc2ccccc2)Cc2[nH]c(-c3ccncc3)cc21. The Balaban J connectivity index is 1.42. The molecule has 0 radical (unpaired) electrons. The first kappa shape index (κ1) is 15.6. The topological polar surface area (TPSA) is 67.0 Å². The Hall–Kier alpha value is -2.92. The lowest BCUT2D eigenvalue weighted by molar-refractivity contribution is 0.0772. The van der Waals surface area contributed by atoms with Crippen molar-refractivity contribution in [3.8, 4) is 11.3 Å². The van der Waals surface area contributed by atoms with Crippen molar-refractivity contribution in [2.45, 2.75) is 19.1 Å². The minimum atomic E-state index is -0.0499. The van der Waals surface area contributed by atoms with Crippen LogP contribution in [0.4, 0.5) is 0 Å². The molecule has 5 nitrogen and oxygen atoms in total. The molecule has 1 amide bonds. The summed E-state index contributed by atoms with van der Waals surface area (Å²) in [6.45, 7) is 1.04. The van der Waals surface area contributed by atoms with Crippen molar-refractivity contribution < 1.29 is 9.53 Å². The first-order valence-electron chi connectivity index (χ1n) is 8.34. The summed E-state index contributed by atoms with van der Waals surface area (Å²) in [5.74, 6) is -0.0499. The van der Waals surface area contributed by atoms with Crippen molar-refractivity contribution in [2.24, 2.45) is 0 Å². The number of pyridine rings is 1. The minimum absolute atomic E-state index is 0.0207. The molecule has 1 aliphatic heterocycles. The Bertz CT molecular complexity index is 859. The quantitative estimate of drug-likeness (QED) is 0.754. The van der Waals surface area contributed by atoms with Crippen molar-refractivity contribution in [1.82, 2.24) is 15.3 Å². The van der Waals surface area contributed by atoms with Crippen LogP contribution >= 0.6 is 0 Å². The van der Waals surface area contributed by atoms with E-state index in [9.17, 15) is 4.79 Å². The van der Waals surface area contributed by atoms with E-state index in [2.05, 4.69) is 15.3 Å². The van der Waals surface area contributed by atoms with Gasteiger partial charge in [-0.05, 0) is 23.8 Å². The number of hydrogen-bond donors (Lipinski definition) is 2. The molecule has 1 aromatic carbocycles. The van der Waals surface area contributed by atoms with E-state index >= 15 is 0 Å². The zero-order valence-electron chi connectivity index (χ0n) is 13.7. The van der Waals surface area contributed by atoms with Gasteiger partial charge in [-0.15, -0.1) is 0 Å². The number of benzene rings is 1. The Morgan fingerprint density at radius 2 is 1.92 bits per heavy atom. The molecular formula is C20H19N3O2. The number of nitrogens with zero attached hydrogens (tertiary/aromatic N) is 1. The highest BCUT2D eigenvalue weighted by molar-refractivity contribution is 5.98. The van der Waals surface area contributed by atoms with Crippen LogP contribution in [0.25, 0.3) is 11.3 Å². The molecule has 0 fully saturated rings. The van der Waals surface area contributed by atoms with E-state index in [0.717, 1.165) is 28.9 Å². The standard InChI is InChI=1S/C20H19N3O2/c24-20-17-11-18(15-6-8-21-9-7-15)23-19(17)10-16(22-20)13-25-12-14-4-2-1-3-5-14/h1-9,11,16,23H,10,12-13H2,(H,22,24). The van der Waals surface area contributed by atoms with Crippen molar-refractivity contribution >= 4 is 5.91 Å². The maximum atomic E-state index is 12.4. The molecular weight excluding hydrogens is 314 g/mol. The molecule has 4 rings (SSSR count). The van der Waals surface area contributed by atoms with Crippen LogP contribution in [0.3, 0.4) is 0 Å². The van der Waals surface area contributed by atoms with E-state index in [4.69, 9.17) is 4.74 Å². The summed E-state index contributed by atoms with van der Waals surface area (Å²) in [5.41, 5.74) is 4.77. The average molecular weight is 333 g/mol. The molecule has 0 saturated heterocycles. The molecule has 1 aliphatic rings. The fourth-order valence-corrected chi connectivity index (χ4v) is 3.10. The predicted molar refractivity (Wildman–Crippen MR) is 95.1 cm³/mol. The largest absolute Gasteiger partial charge is 0.375 e. The maximum Gasteiger partial charge on any atom is 0.253 e. The molecule has 25 heavy (non-hydrogen) atoms. The third-order valence-electron chi connectivity index (χ3n) is 4.35. The first-order chi connectivity index (χ1) is 12.3. The molecule has 3 heterocycles. The van der Waals surface area contributed by atoms with Crippen LogP contribution in [-0.2, 0) is 17.8 Å². The normalized spacial score (nSPS) is 16.3. The smallest absolute Gasteiger partial charge is 0.253 e. The second-order valence-electron chi connectivity index (χ2n) is 6.19. The number of amides is 1. The number of carbonyl (C=O) groups is 1. The maximum absolute atomic E-state index is 12.4. The molecule has 2 aromatic heterocycles. The van der Waals surface area contributed by atoms with Gasteiger partial charge in [-0.25, -0.2) is 0 Å². The van der Waals surface area contributed by atoms with Crippen molar-refractivity contribution in [1.29, 1.82) is 0 Å². The fourth-order valence-electron chi connectivity index (χ4n) is 3.10. The Morgan fingerprint density at radius 1 is 1.12 bits per heavy atom. The van der Waals surface area contributed by atoms with Gasteiger partial charge in [0.15, 0.2) is 0 Å². The van der Waals surface area contributed by atoms with E-state index in [-0.39, 0.29) is 11.9 Å². The van der Waals surface area contributed by atoms with Gasteiger partial charge < -0.3 is 15.0 Å². The van der Waals surface area contributed by atoms with Crippen molar-refractivity contribution in [3.05, 3.63) is 77.7 Å². The number of fused-ring (bicyclic) bond motifs is 1. The van der Waals surface area contributed by atoms with Gasteiger partial charge >= 0.3 is 0 Å². The Morgan fingerprint density at radius 3 is 2.72 bits per heavy atom. The van der Waals surface area contributed by atoms with E-state index in [1.165, 1.54) is 0 Å². The average Bonchev–Trinajstić information content (AvgIpc) is 3.08. The molecule has 126 valence electrons. The number of H-pyrrole nitrogens is 1. The van der Waals surface area contributed by atoms with Gasteiger partial charge in [0.2, 0.25) is 0 Å². The third kappa shape index (κ3) is 3.46. The lowest BCUT2D eigenvalue weighted by atomic mass is 10.0. The highest BCUT2D eigenvalue weighted by Crippen LogP contribution is 2.24. The van der Waals surface area contributed by atoms with Gasteiger partial charge in [0.25, 0.3) is 5.91 Å². The molecule has 1 atom stereocenters. The van der Waals surface area contributed by atoms with Gasteiger partial charge in [0, 0.05) is 35.8 Å². The first-order valence-corrected chi connectivity index (χ1v) is 8.34. The van der Waals surface area contributed by atoms with Crippen LogP contribution in [0.2, 0.25) is 0 Å². The summed E-state index contributed by atoms with van der Waals surface area (Å²) >= 11 is 0. The Kier molecular flexibility index (Phi) is 4.31. The molecule has 0 aliphatic carbocycles. The van der Waals surface area contributed by atoms with Crippen LogP contribution in [0.1, 0.15) is 21.6 Å². The number of ether oxygens (including phenoxy) is 1. The van der Waals surface area contributed by atoms with Crippen LogP contribution in [0, 0.1) is 0 Å². The van der Waals surface area contributed by atoms with E-state index in [0.29, 0.717) is 18.8 Å². The van der Waals surface area contributed by atoms with Crippen molar-refractivity contribution in [2.75, 3.05) is 6.61 Å². The minimum Gasteiger partial charge on any atom is -0.375 e. The second kappa shape index (κ2) is 6.91. The highest BCUT2D eigenvalue weighted by Gasteiger charge is 2.26. The number of carbonyl (C=O) groups excluding carboxylic acids is 1. The van der Waals surface area contributed by atoms with Gasteiger partial charge in [-0.1, -0.05) is 30.3 Å². The molecule has 0 bridgehead atoms. The molecule has 0 spiro atoms. The fraction of sp³-hybridized carbons (Fsp3) is 0.200. The summed E-state index contributed by atoms with van der Waals surface area (Å²) in [5, 5.41) is 3.03. The number of rotatable bonds is 5. The summed E-state index contributed by atoms with van der Waals surface area (Å²) in [4.78, 5) is 19.8. The number of aromatic nitrogens is 2. The van der Waals surface area contributed by atoms with Crippen LogP contribution < -0.4 is 5.32 Å². The predicted octanol–water partition coefficient (Wildman–Crippen LogP) is 2.95. The van der Waals surface area contributed by atoms with Gasteiger partial charge in [0.05, 0.1) is 24.8 Å². The van der Waals surface area contributed by atoms with E-state index in [1.54, 1.807) is 12.4 Å². The lowest BCUT2D eigenvalue weighted by Gasteiger charge is -2.23. The number of aromatic amines is 1. The van der Waals surface area contributed by atoms with Crippen LogP contribution in [0.15, 0.2) is 60.9 Å². The van der Waals surface area contributed by atoms with Gasteiger partial charge in [-0.3, -0.25) is 9.78 Å². The lowest BCUT2D eigenvalue weighted by Crippen LogP contribution is -2.43. The summed E-state index contributed by atoms with van der Waals surface area (Å²) in [6, 6.07) is 15.8. The molecule has 3 aromatic rings. The molecule has 0 saturated carbocycles. The molecule has 5 heteroatoms. The number of hydrogen-bond acceptors (Lipinski definition) is 3. The van der Waals surface area contributed by atoms with Gasteiger partial charge in [-0.2, -0.15) is 0 Å².